The van der Waals surface area contributed by atoms with Gasteiger partial charge in [-0.15, -0.1) is 5.10 Å². The van der Waals surface area contributed by atoms with Gasteiger partial charge in [0.05, 0.1) is 5.69 Å². The number of rotatable bonds is 3. The van der Waals surface area contributed by atoms with Crippen LogP contribution in [0.15, 0.2) is 0 Å². The van der Waals surface area contributed by atoms with Gasteiger partial charge in [0.25, 0.3) is 0 Å². The standard InChI is InChI=1S/C14H22N4O3/c1-9(12(19)17-7-5-6-8-17)18-11(14(2,3)4)10(13(20)21)15-16-18/h9H,5-8H2,1-4H3,(H,20,21). The maximum Gasteiger partial charge on any atom is 0.358 e. The predicted octanol–water partition coefficient (Wildman–Crippen LogP) is 1.46. The van der Waals surface area contributed by atoms with Crippen molar-refractivity contribution in [3.8, 4) is 0 Å². The van der Waals surface area contributed by atoms with E-state index >= 15 is 0 Å². The fourth-order valence-corrected chi connectivity index (χ4v) is 2.71. The molecule has 116 valence electrons. The number of carbonyl (C=O) groups excluding carboxylic acids is 1. The molecule has 0 radical (unpaired) electrons. The molecule has 1 aliphatic heterocycles. The Morgan fingerprint density at radius 3 is 2.29 bits per heavy atom. The molecule has 0 aromatic carbocycles. The second kappa shape index (κ2) is 5.46. The van der Waals surface area contributed by atoms with E-state index in [1.54, 1.807) is 11.8 Å². The number of likely N-dealkylation sites (tertiary alicyclic amines) is 1. The normalized spacial score (nSPS) is 17.0. The summed E-state index contributed by atoms with van der Waals surface area (Å²) in [6, 6.07) is -0.544. The quantitative estimate of drug-likeness (QED) is 0.911. The van der Waals surface area contributed by atoms with Crippen LogP contribution in [0.4, 0.5) is 0 Å². The molecule has 0 aliphatic carbocycles. The van der Waals surface area contributed by atoms with E-state index in [1.807, 2.05) is 20.8 Å². The Hall–Kier alpha value is -1.92. The molecule has 2 rings (SSSR count). The van der Waals surface area contributed by atoms with Crippen LogP contribution in [-0.2, 0) is 10.2 Å². The number of aromatic nitrogens is 3. The number of amides is 1. The second-order valence-electron chi connectivity index (χ2n) is 6.49. The summed E-state index contributed by atoms with van der Waals surface area (Å²) in [7, 11) is 0. The fourth-order valence-electron chi connectivity index (χ4n) is 2.71. The Kier molecular flexibility index (Phi) is 4.02. The molecule has 7 nitrogen and oxygen atoms in total. The van der Waals surface area contributed by atoms with Crippen LogP contribution < -0.4 is 0 Å². The maximum atomic E-state index is 12.5. The number of carbonyl (C=O) groups is 2. The Morgan fingerprint density at radius 2 is 1.81 bits per heavy atom. The molecule has 21 heavy (non-hydrogen) atoms. The van der Waals surface area contributed by atoms with Gasteiger partial charge in [0.15, 0.2) is 5.69 Å². The molecule has 1 aromatic heterocycles. The Bertz CT molecular complexity index is 553. The molecule has 1 saturated heterocycles. The molecule has 1 unspecified atom stereocenters. The molecule has 1 amide bonds. The van der Waals surface area contributed by atoms with Gasteiger partial charge in [-0.25, -0.2) is 9.48 Å². The lowest BCUT2D eigenvalue weighted by Crippen LogP contribution is -2.36. The molecule has 0 bridgehead atoms. The van der Waals surface area contributed by atoms with Crippen LogP contribution in [0.1, 0.15) is 62.8 Å². The summed E-state index contributed by atoms with van der Waals surface area (Å²) in [4.78, 5) is 25.6. The lowest BCUT2D eigenvalue weighted by atomic mass is 9.90. The van der Waals surface area contributed by atoms with Crippen molar-refractivity contribution < 1.29 is 14.7 Å². The van der Waals surface area contributed by atoms with Crippen molar-refractivity contribution in [3.05, 3.63) is 11.4 Å². The van der Waals surface area contributed by atoms with E-state index in [2.05, 4.69) is 10.3 Å². The van der Waals surface area contributed by atoms with Gasteiger partial charge in [-0.05, 0) is 19.8 Å². The topological polar surface area (TPSA) is 88.3 Å². The van der Waals surface area contributed by atoms with Crippen molar-refractivity contribution in [3.63, 3.8) is 0 Å². The lowest BCUT2D eigenvalue weighted by molar-refractivity contribution is -0.133. The first-order chi connectivity index (χ1) is 9.73. The van der Waals surface area contributed by atoms with Crippen LogP contribution in [0.25, 0.3) is 0 Å². The van der Waals surface area contributed by atoms with E-state index in [1.165, 1.54) is 4.68 Å². The minimum atomic E-state index is -1.12. The average Bonchev–Trinajstić information content (AvgIpc) is 3.04. The van der Waals surface area contributed by atoms with Crippen LogP contribution in [0.3, 0.4) is 0 Å². The highest BCUT2D eigenvalue weighted by Crippen LogP contribution is 2.28. The average molecular weight is 294 g/mol. The van der Waals surface area contributed by atoms with Crippen molar-refractivity contribution in [1.29, 1.82) is 0 Å². The van der Waals surface area contributed by atoms with Gasteiger partial charge in [-0.1, -0.05) is 26.0 Å². The lowest BCUT2D eigenvalue weighted by Gasteiger charge is -2.25. The van der Waals surface area contributed by atoms with E-state index in [9.17, 15) is 14.7 Å². The number of hydrogen-bond acceptors (Lipinski definition) is 4. The summed E-state index contributed by atoms with van der Waals surface area (Å²) in [5.74, 6) is -1.15. The van der Waals surface area contributed by atoms with E-state index in [4.69, 9.17) is 0 Å². The van der Waals surface area contributed by atoms with Gasteiger partial charge in [0.1, 0.15) is 6.04 Å². The van der Waals surface area contributed by atoms with E-state index < -0.39 is 17.4 Å². The first-order valence-corrected chi connectivity index (χ1v) is 7.21. The molecule has 1 atom stereocenters. The van der Waals surface area contributed by atoms with Crippen LogP contribution >= 0.6 is 0 Å². The number of hydrogen-bond donors (Lipinski definition) is 1. The van der Waals surface area contributed by atoms with Crippen LogP contribution in [0, 0.1) is 0 Å². The molecule has 1 N–H and O–H groups in total. The first kappa shape index (κ1) is 15.5. The summed E-state index contributed by atoms with van der Waals surface area (Å²) in [5.41, 5.74) is -0.0600. The summed E-state index contributed by atoms with van der Waals surface area (Å²) in [6.45, 7) is 8.93. The second-order valence-corrected chi connectivity index (χ2v) is 6.49. The highest BCUT2D eigenvalue weighted by molar-refractivity contribution is 5.87. The number of nitrogens with zero attached hydrogens (tertiary/aromatic N) is 4. The van der Waals surface area contributed by atoms with Gasteiger partial charge in [-0.3, -0.25) is 4.79 Å². The molecular weight excluding hydrogens is 272 g/mol. The zero-order valence-corrected chi connectivity index (χ0v) is 13.0. The highest BCUT2D eigenvalue weighted by atomic mass is 16.4. The minimum Gasteiger partial charge on any atom is -0.476 e. The van der Waals surface area contributed by atoms with Crippen molar-refractivity contribution >= 4 is 11.9 Å². The van der Waals surface area contributed by atoms with E-state index in [0.717, 1.165) is 25.9 Å². The smallest absolute Gasteiger partial charge is 0.358 e. The van der Waals surface area contributed by atoms with E-state index in [0.29, 0.717) is 5.69 Å². The number of carboxylic acids is 1. The predicted molar refractivity (Wildman–Crippen MR) is 76.2 cm³/mol. The van der Waals surface area contributed by atoms with Crippen LogP contribution in [-0.4, -0.2) is 50.0 Å². The van der Waals surface area contributed by atoms with Crippen molar-refractivity contribution in [2.75, 3.05) is 13.1 Å². The molecule has 2 heterocycles. The number of carboxylic acid groups (broad SMARTS) is 1. The zero-order chi connectivity index (χ0) is 15.8. The zero-order valence-electron chi connectivity index (χ0n) is 13.0. The molecule has 7 heteroatoms. The molecule has 0 spiro atoms. The van der Waals surface area contributed by atoms with Crippen molar-refractivity contribution in [2.45, 2.75) is 52.0 Å². The molecule has 1 aromatic rings. The largest absolute Gasteiger partial charge is 0.476 e. The van der Waals surface area contributed by atoms with Gasteiger partial charge in [0, 0.05) is 18.5 Å². The summed E-state index contributed by atoms with van der Waals surface area (Å²) in [6.07, 6.45) is 2.03. The number of aromatic carboxylic acids is 1. The highest BCUT2D eigenvalue weighted by Gasteiger charge is 2.34. The minimum absolute atomic E-state index is 0.0279. The van der Waals surface area contributed by atoms with E-state index in [-0.39, 0.29) is 11.6 Å². The van der Waals surface area contributed by atoms with Crippen LogP contribution in [0.5, 0.6) is 0 Å². The van der Waals surface area contributed by atoms with Gasteiger partial charge < -0.3 is 10.0 Å². The summed E-state index contributed by atoms with van der Waals surface area (Å²) in [5, 5.41) is 17.0. The summed E-state index contributed by atoms with van der Waals surface area (Å²) >= 11 is 0. The third kappa shape index (κ3) is 2.91. The third-order valence-corrected chi connectivity index (χ3v) is 3.75. The Balaban J connectivity index is 2.39. The monoisotopic (exact) mass is 294 g/mol. The van der Waals surface area contributed by atoms with Gasteiger partial charge in [0.2, 0.25) is 5.91 Å². The van der Waals surface area contributed by atoms with Gasteiger partial charge >= 0.3 is 5.97 Å². The third-order valence-electron chi connectivity index (χ3n) is 3.75. The molecule has 0 saturated carbocycles. The Labute approximate surface area is 123 Å². The molecule has 1 fully saturated rings. The Morgan fingerprint density at radius 1 is 1.24 bits per heavy atom. The van der Waals surface area contributed by atoms with Crippen molar-refractivity contribution in [2.24, 2.45) is 0 Å². The summed E-state index contributed by atoms with van der Waals surface area (Å²) < 4.78 is 1.46. The van der Waals surface area contributed by atoms with Gasteiger partial charge in [-0.2, -0.15) is 0 Å². The molecular formula is C14H22N4O3. The maximum absolute atomic E-state index is 12.5. The van der Waals surface area contributed by atoms with Crippen LogP contribution in [0.2, 0.25) is 0 Å². The van der Waals surface area contributed by atoms with Crippen molar-refractivity contribution in [1.82, 2.24) is 19.9 Å². The first-order valence-electron chi connectivity index (χ1n) is 7.21. The fraction of sp³-hybridized carbons (Fsp3) is 0.714. The SMILES string of the molecule is CC(C(=O)N1CCCC1)n1nnc(C(=O)O)c1C(C)(C)C. The molecule has 1 aliphatic rings.